The van der Waals surface area contributed by atoms with E-state index in [1.165, 1.54) is 0 Å². The highest BCUT2D eigenvalue weighted by molar-refractivity contribution is 6.31. The molecule has 80 valence electrons. The van der Waals surface area contributed by atoms with Gasteiger partial charge in [0.25, 0.3) is 0 Å². The van der Waals surface area contributed by atoms with Gasteiger partial charge in [0.05, 0.1) is 5.02 Å². The molecule has 0 aliphatic rings. The van der Waals surface area contributed by atoms with Gasteiger partial charge in [-0.25, -0.2) is 4.98 Å². The van der Waals surface area contributed by atoms with Crippen molar-refractivity contribution in [1.82, 2.24) is 4.98 Å². The summed E-state index contributed by atoms with van der Waals surface area (Å²) in [5.74, 6) is 0.606. The van der Waals surface area contributed by atoms with Crippen LogP contribution in [0.3, 0.4) is 0 Å². The van der Waals surface area contributed by atoms with Crippen LogP contribution in [-0.2, 0) is 0 Å². The summed E-state index contributed by atoms with van der Waals surface area (Å²) in [6.07, 6.45) is 0. The summed E-state index contributed by atoms with van der Waals surface area (Å²) in [7, 11) is 0. The second kappa shape index (κ2) is 4.47. The van der Waals surface area contributed by atoms with E-state index in [9.17, 15) is 0 Å². The molecule has 0 bridgehead atoms. The fraction of sp³-hybridized carbons (Fsp3) is 0.400. The van der Waals surface area contributed by atoms with E-state index in [1.54, 1.807) is 12.1 Å². The molecule has 0 saturated heterocycles. The van der Waals surface area contributed by atoms with E-state index in [2.05, 4.69) is 10.3 Å². The minimum Gasteiger partial charge on any atom is -0.368 e. The van der Waals surface area contributed by atoms with Crippen molar-refractivity contribution in [3.63, 3.8) is 0 Å². The van der Waals surface area contributed by atoms with Crippen molar-refractivity contribution in [2.45, 2.75) is 19.4 Å². The van der Waals surface area contributed by atoms with Gasteiger partial charge in [0.2, 0.25) is 0 Å². The lowest BCUT2D eigenvalue weighted by atomic mass is 10.1. The maximum atomic E-state index is 8.72. The van der Waals surface area contributed by atoms with Gasteiger partial charge in [0.1, 0.15) is 11.9 Å². The van der Waals surface area contributed by atoms with E-state index in [4.69, 9.17) is 22.6 Å². The van der Waals surface area contributed by atoms with Gasteiger partial charge in [0, 0.05) is 12.1 Å². The topological polar surface area (TPSA) is 74.7 Å². The third-order valence-corrected chi connectivity index (χ3v) is 1.98. The molecule has 0 atom stereocenters. The Morgan fingerprint density at radius 2 is 2.27 bits per heavy atom. The lowest BCUT2D eigenvalue weighted by Gasteiger charge is -2.19. The summed E-state index contributed by atoms with van der Waals surface area (Å²) in [5, 5.41) is 12.1. The number of anilines is 1. The first kappa shape index (κ1) is 11.8. The zero-order valence-electron chi connectivity index (χ0n) is 8.71. The molecule has 4 nitrogen and oxygen atoms in total. The molecule has 3 N–H and O–H groups in total. The lowest BCUT2D eigenvalue weighted by Crippen LogP contribution is -2.39. The van der Waals surface area contributed by atoms with Crippen LogP contribution in [-0.4, -0.2) is 17.1 Å². The zero-order valence-corrected chi connectivity index (χ0v) is 9.47. The third-order valence-electron chi connectivity index (χ3n) is 1.68. The van der Waals surface area contributed by atoms with Crippen molar-refractivity contribution in [1.29, 1.82) is 5.26 Å². The maximum absolute atomic E-state index is 8.72. The van der Waals surface area contributed by atoms with E-state index in [1.807, 2.05) is 19.9 Å². The predicted octanol–water partition coefficient (Wildman–Crippen LogP) is 1.76. The van der Waals surface area contributed by atoms with Gasteiger partial charge < -0.3 is 11.1 Å². The van der Waals surface area contributed by atoms with Gasteiger partial charge in [-0.1, -0.05) is 11.6 Å². The molecule has 5 heteroatoms. The minimum atomic E-state index is -0.325. The quantitative estimate of drug-likeness (QED) is 0.821. The Balaban J connectivity index is 2.76. The van der Waals surface area contributed by atoms with Crippen molar-refractivity contribution in [3.05, 3.63) is 22.8 Å². The normalized spacial score (nSPS) is 10.9. The lowest BCUT2D eigenvalue weighted by molar-refractivity contribution is 0.548. The molecule has 1 heterocycles. The summed E-state index contributed by atoms with van der Waals surface area (Å²) >= 11 is 5.75. The number of halogens is 1. The number of rotatable bonds is 3. The van der Waals surface area contributed by atoms with E-state index in [0.717, 1.165) is 0 Å². The van der Waals surface area contributed by atoms with E-state index in [-0.39, 0.29) is 11.2 Å². The Morgan fingerprint density at radius 1 is 1.60 bits per heavy atom. The largest absolute Gasteiger partial charge is 0.368 e. The van der Waals surface area contributed by atoms with Crippen LogP contribution >= 0.6 is 11.6 Å². The highest BCUT2D eigenvalue weighted by Gasteiger charge is 2.10. The molecule has 0 aliphatic carbocycles. The van der Waals surface area contributed by atoms with Crippen molar-refractivity contribution in [2.24, 2.45) is 5.73 Å². The second-order valence-corrected chi connectivity index (χ2v) is 4.39. The Kier molecular flexibility index (Phi) is 3.51. The molecular weight excluding hydrogens is 212 g/mol. The summed E-state index contributed by atoms with van der Waals surface area (Å²) in [5.41, 5.74) is 5.70. The molecule has 0 unspecified atom stereocenters. The first-order valence-electron chi connectivity index (χ1n) is 4.52. The van der Waals surface area contributed by atoms with Crippen LogP contribution in [0.5, 0.6) is 0 Å². The van der Waals surface area contributed by atoms with Crippen LogP contribution < -0.4 is 11.1 Å². The molecule has 15 heavy (non-hydrogen) atoms. The average Bonchev–Trinajstić information content (AvgIpc) is 2.15. The molecule has 1 rings (SSSR count). The summed E-state index contributed by atoms with van der Waals surface area (Å²) in [6, 6.07) is 5.27. The highest BCUT2D eigenvalue weighted by Crippen LogP contribution is 2.15. The van der Waals surface area contributed by atoms with Crippen LogP contribution in [0, 0.1) is 11.3 Å². The minimum absolute atomic E-state index is 0.219. The van der Waals surface area contributed by atoms with E-state index in [0.29, 0.717) is 17.4 Å². The molecule has 0 radical (unpaired) electrons. The molecule has 1 aromatic rings. The first-order chi connectivity index (χ1) is 6.92. The number of nitrogens with one attached hydrogen (secondary N) is 1. The fourth-order valence-electron chi connectivity index (χ4n) is 0.937. The summed E-state index contributed by atoms with van der Waals surface area (Å²) < 4.78 is 0. The van der Waals surface area contributed by atoms with Crippen LogP contribution in [0.4, 0.5) is 5.82 Å². The molecular formula is C10H13ClN4. The van der Waals surface area contributed by atoms with Gasteiger partial charge >= 0.3 is 0 Å². The van der Waals surface area contributed by atoms with E-state index < -0.39 is 0 Å². The number of nitrogens with zero attached hydrogens (tertiary/aromatic N) is 2. The Hall–Kier alpha value is -1.31. The zero-order chi connectivity index (χ0) is 11.5. The molecule has 0 spiro atoms. The van der Waals surface area contributed by atoms with Crippen molar-refractivity contribution < 1.29 is 0 Å². The SMILES string of the molecule is CC(C)(N)CNc1ccc(Cl)c(C#N)n1. The van der Waals surface area contributed by atoms with Crippen LogP contribution in [0.2, 0.25) is 5.02 Å². The summed E-state index contributed by atoms with van der Waals surface area (Å²) in [4.78, 5) is 4.03. The third kappa shape index (κ3) is 3.74. The number of aromatic nitrogens is 1. The van der Waals surface area contributed by atoms with Gasteiger partial charge in [-0.05, 0) is 26.0 Å². The van der Waals surface area contributed by atoms with Crippen LogP contribution in [0.15, 0.2) is 12.1 Å². The number of nitriles is 1. The molecule has 0 amide bonds. The van der Waals surface area contributed by atoms with Crippen molar-refractivity contribution in [2.75, 3.05) is 11.9 Å². The smallest absolute Gasteiger partial charge is 0.161 e. The van der Waals surface area contributed by atoms with Crippen molar-refractivity contribution >= 4 is 17.4 Å². The Labute approximate surface area is 94.1 Å². The van der Waals surface area contributed by atoms with Gasteiger partial charge in [-0.3, -0.25) is 0 Å². The highest BCUT2D eigenvalue weighted by atomic mass is 35.5. The molecule has 0 aromatic carbocycles. The summed E-state index contributed by atoms with van der Waals surface area (Å²) in [6.45, 7) is 4.38. The Morgan fingerprint density at radius 3 is 2.80 bits per heavy atom. The second-order valence-electron chi connectivity index (χ2n) is 3.98. The molecule has 0 fully saturated rings. The molecule has 1 aromatic heterocycles. The van der Waals surface area contributed by atoms with E-state index >= 15 is 0 Å². The molecule has 0 saturated carbocycles. The fourth-order valence-corrected chi connectivity index (χ4v) is 1.08. The van der Waals surface area contributed by atoms with Crippen molar-refractivity contribution in [3.8, 4) is 6.07 Å². The Bertz CT molecular complexity index is 389. The number of pyridine rings is 1. The standard InChI is InChI=1S/C10H13ClN4/c1-10(2,13)6-14-9-4-3-7(11)8(5-12)15-9/h3-4H,6,13H2,1-2H3,(H,14,15). The van der Waals surface area contributed by atoms with Gasteiger partial charge in [-0.15, -0.1) is 0 Å². The van der Waals surface area contributed by atoms with Gasteiger partial charge in [0.15, 0.2) is 5.69 Å². The number of nitrogens with two attached hydrogens (primary N) is 1. The van der Waals surface area contributed by atoms with Gasteiger partial charge in [-0.2, -0.15) is 5.26 Å². The van der Waals surface area contributed by atoms with Crippen LogP contribution in [0.25, 0.3) is 0 Å². The molecule has 0 aliphatic heterocycles. The monoisotopic (exact) mass is 224 g/mol. The first-order valence-corrected chi connectivity index (χ1v) is 4.89. The maximum Gasteiger partial charge on any atom is 0.161 e. The number of hydrogen-bond acceptors (Lipinski definition) is 4. The average molecular weight is 225 g/mol. The van der Waals surface area contributed by atoms with Crippen LogP contribution in [0.1, 0.15) is 19.5 Å². The predicted molar refractivity (Wildman–Crippen MR) is 60.7 cm³/mol. The number of hydrogen-bond donors (Lipinski definition) is 2.